The fourth-order valence-corrected chi connectivity index (χ4v) is 2.72. The number of hydrogen-bond donors (Lipinski definition) is 2. The second-order valence-corrected chi connectivity index (χ2v) is 5.64. The third kappa shape index (κ3) is 2.96. The topological polar surface area (TPSA) is 101 Å². The number of nitro groups is 1. The molecule has 0 fully saturated rings. The molecule has 1 aliphatic rings. The smallest absolute Gasteiger partial charge is 0.271 e. The minimum atomic E-state index is -0.631. The summed E-state index contributed by atoms with van der Waals surface area (Å²) in [6.45, 7) is 1.75. The number of hydrogen-bond acceptors (Lipinski definition) is 4. The Balaban J connectivity index is 1.90. The zero-order valence-corrected chi connectivity index (χ0v) is 12.9. The molecule has 1 aliphatic heterocycles. The summed E-state index contributed by atoms with van der Waals surface area (Å²) < 4.78 is 0. The van der Waals surface area contributed by atoms with E-state index in [1.165, 1.54) is 12.1 Å². The summed E-state index contributed by atoms with van der Waals surface area (Å²) in [5.74, 6) is -1.22. The van der Waals surface area contributed by atoms with Crippen molar-refractivity contribution in [3.63, 3.8) is 0 Å². The van der Waals surface area contributed by atoms with Crippen LogP contribution in [0.2, 0.25) is 0 Å². The number of aryl methyl sites for hydroxylation is 1. The summed E-state index contributed by atoms with van der Waals surface area (Å²) in [4.78, 5) is 34.9. The number of amides is 2. The molecule has 3 rings (SSSR count). The van der Waals surface area contributed by atoms with Gasteiger partial charge in [-0.2, -0.15) is 0 Å². The number of nitro benzene ring substituents is 1. The fourth-order valence-electron chi connectivity index (χ4n) is 2.72. The van der Waals surface area contributed by atoms with Gasteiger partial charge in [-0.05, 0) is 24.1 Å². The summed E-state index contributed by atoms with van der Waals surface area (Å²) in [5, 5.41) is 16.3. The average molecular weight is 325 g/mol. The average Bonchev–Trinajstić information content (AvgIpc) is 2.55. The maximum Gasteiger partial charge on any atom is 0.271 e. The van der Waals surface area contributed by atoms with Gasteiger partial charge in [0.05, 0.1) is 16.5 Å². The molecule has 1 heterocycles. The first kappa shape index (κ1) is 15.7. The van der Waals surface area contributed by atoms with Crippen molar-refractivity contribution < 1.29 is 14.5 Å². The molecule has 0 saturated heterocycles. The van der Waals surface area contributed by atoms with Crippen LogP contribution in [-0.4, -0.2) is 16.7 Å². The maximum absolute atomic E-state index is 12.6. The lowest BCUT2D eigenvalue weighted by Crippen LogP contribution is -2.30. The molecule has 0 radical (unpaired) electrons. The molecule has 122 valence electrons. The van der Waals surface area contributed by atoms with Gasteiger partial charge in [0.25, 0.3) is 5.69 Å². The van der Waals surface area contributed by atoms with Gasteiger partial charge < -0.3 is 10.6 Å². The normalized spacial score (nSPS) is 16.0. The molecule has 0 spiro atoms. The highest BCUT2D eigenvalue weighted by Gasteiger charge is 2.30. The number of carbonyl (C=O) groups excluding carboxylic acids is 2. The van der Waals surface area contributed by atoms with Crippen molar-refractivity contribution in [3.05, 3.63) is 63.7 Å². The van der Waals surface area contributed by atoms with Crippen LogP contribution < -0.4 is 10.6 Å². The molecule has 0 aliphatic carbocycles. The summed E-state index contributed by atoms with van der Waals surface area (Å²) >= 11 is 0. The van der Waals surface area contributed by atoms with Crippen LogP contribution in [0.25, 0.3) is 0 Å². The Bertz CT molecular complexity index is 847. The van der Waals surface area contributed by atoms with E-state index in [9.17, 15) is 19.7 Å². The Labute approximate surface area is 137 Å². The molecule has 2 aromatic carbocycles. The second kappa shape index (κ2) is 6.11. The van der Waals surface area contributed by atoms with Crippen molar-refractivity contribution >= 4 is 28.9 Å². The SMILES string of the molecule is Cc1ccc([N+](=O)[O-])cc1NC(=O)C1CC(=O)Nc2ccccc21. The Kier molecular flexibility index (Phi) is 3.99. The van der Waals surface area contributed by atoms with Crippen molar-refractivity contribution in [2.24, 2.45) is 0 Å². The second-order valence-electron chi connectivity index (χ2n) is 5.64. The first-order valence-corrected chi connectivity index (χ1v) is 7.40. The minimum Gasteiger partial charge on any atom is -0.326 e. The van der Waals surface area contributed by atoms with Crippen molar-refractivity contribution in [2.75, 3.05) is 10.6 Å². The van der Waals surface area contributed by atoms with E-state index in [1.54, 1.807) is 37.3 Å². The van der Waals surface area contributed by atoms with Crippen molar-refractivity contribution in [1.82, 2.24) is 0 Å². The van der Waals surface area contributed by atoms with Gasteiger partial charge in [0, 0.05) is 24.2 Å². The molecule has 2 aromatic rings. The molecule has 2 N–H and O–H groups in total. The number of nitrogens with zero attached hydrogens (tertiary/aromatic N) is 1. The molecule has 2 amide bonds. The van der Waals surface area contributed by atoms with Gasteiger partial charge in [-0.15, -0.1) is 0 Å². The lowest BCUT2D eigenvalue weighted by atomic mass is 9.89. The van der Waals surface area contributed by atoms with Crippen LogP contribution in [0, 0.1) is 17.0 Å². The van der Waals surface area contributed by atoms with Gasteiger partial charge in [0.1, 0.15) is 0 Å². The molecule has 0 aromatic heterocycles. The molecule has 7 heteroatoms. The number of anilines is 2. The minimum absolute atomic E-state index is 0.0385. The summed E-state index contributed by atoms with van der Waals surface area (Å²) in [7, 11) is 0. The van der Waals surface area contributed by atoms with Crippen LogP contribution in [0.4, 0.5) is 17.1 Å². The summed E-state index contributed by atoms with van der Waals surface area (Å²) in [5.41, 5.74) is 2.33. The van der Waals surface area contributed by atoms with E-state index in [4.69, 9.17) is 0 Å². The Hall–Kier alpha value is -3.22. The predicted octanol–water partition coefficient (Wildman–Crippen LogP) is 2.97. The lowest BCUT2D eigenvalue weighted by Gasteiger charge is -2.25. The van der Waals surface area contributed by atoms with E-state index < -0.39 is 10.8 Å². The quantitative estimate of drug-likeness (QED) is 0.669. The Morgan fingerprint density at radius 1 is 1.29 bits per heavy atom. The zero-order valence-electron chi connectivity index (χ0n) is 12.9. The number of rotatable bonds is 3. The number of non-ortho nitro benzene ring substituents is 1. The third-order valence-electron chi connectivity index (χ3n) is 4.01. The molecule has 0 saturated carbocycles. The van der Waals surface area contributed by atoms with E-state index in [1.807, 2.05) is 0 Å². The molecule has 24 heavy (non-hydrogen) atoms. The molecular formula is C17H15N3O4. The van der Waals surface area contributed by atoms with Crippen LogP contribution in [0.1, 0.15) is 23.5 Å². The predicted molar refractivity (Wildman–Crippen MR) is 88.9 cm³/mol. The highest BCUT2D eigenvalue weighted by molar-refractivity contribution is 6.05. The fraction of sp³-hybridized carbons (Fsp3) is 0.176. The van der Waals surface area contributed by atoms with Gasteiger partial charge in [-0.3, -0.25) is 19.7 Å². The summed E-state index contributed by atoms with van der Waals surface area (Å²) in [6.07, 6.45) is 0.0385. The molecule has 7 nitrogen and oxygen atoms in total. The standard InChI is InChI=1S/C17H15N3O4/c1-10-6-7-11(20(23)24)8-15(10)19-17(22)13-9-16(21)18-14-5-3-2-4-12(13)14/h2-8,13H,9H2,1H3,(H,18,21)(H,19,22). The summed E-state index contributed by atoms with van der Waals surface area (Å²) in [6, 6.07) is 11.4. The molecule has 1 atom stereocenters. The van der Waals surface area contributed by atoms with Crippen LogP contribution >= 0.6 is 0 Å². The van der Waals surface area contributed by atoms with Gasteiger partial charge in [0.15, 0.2) is 0 Å². The van der Waals surface area contributed by atoms with Crippen molar-refractivity contribution in [3.8, 4) is 0 Å². The van der Waals surface area contributed by atoms with E-state index >= 15 is 0 Å². The molecule has 0 bridgehead atoms. The van der Waals surface area contributed by atoms with E-state index in [0.717, 1.165) is 5.56 Å². The Morgan fingerprint density at radius 2 is 2.04 bits per heavy atom. The monoisotopic (exact) mass is 325 g/mol. The highest BCUT2D eigenvalue weighted by Crippen LogP contribution is 2.33. The Morgan fingerprint density at radius 3 is 2.79 bits per heavy atom. The van der Waals surface area contributed by atoms with E-state index in [2.05, 4.69) is 10.6 Å². The third-order valence-corrected chi connectivity index (χ3v) is 4.01. The number of para-hydroxylation sites is 1. The van der Waals surface area contributed by atoms with Crippen molar-refractivity contribution in [2.45, 2.75) is 19.3 Å². The molecule has 1 unspecified atom stereocenters. The van der Waals surface area contributed by atoms with Gasteiger partial charge in [0.2, 0.25) is 11.8 Å². The number of benzene rings is 2. The zero-order chi connectivity index (χ0) is 17.3. The van der Waals surface area contributed by atoms with Gasteiger partial charge in [-0.1, -0.05) is 24.3 Å². The first-order valence-electron chi connectivity index (χ1n) is 7.40. The van der Waals surface area contributed by atoms with Gasteiger partial charge in [-0.25, -0.2) is 0 Å². The van der Waals surface area contributed by atoms with Gasteiger partial charge >= 0.3 is 0 Å². The lowest BCUT2D eigenvalue weighted by molar-refractivity contribution is -0.384. The number of nitrogens with one attached hydrogen (secondary N) is 2. The van der Waals surface area contributed by atoms with E-state index in [-0.39, 0.29) is 23.9 Å². The largest absolute Gasteiger partial charge is 0.326 e. The number of carbonyl (C=O) groups is 2. The van der Waals surface area contributed by atoms with Crippen molar-refractivity contribution in [1.29, 1.82) is 0 Å². The maximum atomic E-state index is 12.6. The van der Waals surface area contributed by atoms with Crippen LogP contribution in [0.3, 0.4) is 0 Å². The first-order chi connectivity index (χ1) is 11.5. The van der Waals surface area contributed by atoms with Crippen LogP contribution in [0.5, 0.6) is 0 Å². The van der Waals surface area contributed by atoms with E-state index in [0.29, 0.717) is 16.9 Å². The van der Waals surface area contributed by atoms with Crippen LogP contribution in [-0.2, 0) is 9.59 Å². The van der Waals surface area contributed by atoms with Crippen LogP contribution in [0.15, 0.2) is 42.5 Å². The number of fused-ring (bicyclic) bond motifs is 1. The highest BCUT2D eigenvalue weighted by atomic mass is 16.6. The molecular weight excluding hydrogens is 310 g/mol.